The zero-order valence-electron chi connectivity index (χ0n) is 13.9. The van der Waals surface area contributed by atoms with Crippen molar-refractivity contribution in [3.63, 3.8) is 0 Å². The van der Waals surface area contributed by atoms with E-state index in [9.17, 15) is 9.59 Å². The second-order valence-corrected chi connectivity index (χ2v) is 5.42. The molecule has 6 nitrogen and oxygen atoms in total. The van der Waals surface area contributed by atoms with E-state index in [2.05, 4.69) is 10.5 Å². The average Bonchev–Trinajstić information content (AvgIpc) is 3.01. The molecule has 0 unspecified atom stereocenters. The van der Waals surface area contributed by atoms with Gasteiger partial charge in [-0.15, -0.1) is 0 Å². The van der Waals surface area contributed by atoms with Crippen molar-refractivity contribution in [2.45, 2.75) is 6.92 Å². The van der Waals surface area contributed by atoms with Gasteiger partial charge in [0.2, 0.25) is 5.91 Å². The van der Waals surface area contributed by atoms with Gasteiger partial charge in [-0.2, -0.15) is 5.10 Å². The number of carbonyl (C=O) groups excluding carboxylic acids is 2. The Labute approximate surface area is 144 Å². The maximum absolute atomic E-state index is 12.1. The fraction of sp³-hybridized carbons (Fsp3) is 0.105. The van der Waals surface area contributed by atoms with Gasteiger partial charge in [-0.1, -0.05) is 18.2 Å². The molecule has 0 saturated heterocycles. The Morgan fingerprint density at radius 3 is 2.52 bits per heavy atom. The lowest BCUT2D eigenvalue weighted by Crippen LogP contribution is -2.17. The highest BCUT2D eigenvalue weighted by Gasteiger charge is 2.09. The van der Waals surface area contributed by atoms with Crippen LogP contribution in [0.15, 0.2) is 59.8 Å². The molecule has 1 aromatic heterocycles. The lowest BCUT2D eigenvalue weighted by Gasteiger charge is -2.01. The molecule has 126 valence electrons. The Bertz CT molecular complexity index is 956. The van der Waals surface area contributed by atoms with Crippen molar-refractivity contribution in [2.75, 3.05) is 7.11 Å². The number of hydrogen-bond acceptors (Lipinski definition) is 4. The average molecular weight is 335 g/mol. The van der Waals surface area contributed by atoms with Gasteiger partial charge in [0.1, 0.15) is 5.75 Å². The number of fused-ring (bicyclic) bond motifs is 1. The number of aromatic nitrogens is 1. The summed E-state index contributed by atoms with van der Waals surface area (Å²) in [6, 6.07) is 14.3. The van der Waals surface area contributed by atoms with E-state index < -0.39 is 0 Å². The number of hydrazone groups is 1. The molecule has 3 rings (SSSR count). The van der Waals surface area contributed by atoms with Gasteiger partial charge in [-0.25, -0.2) is 5.43 Å². The molecule has 0 aliphatic heterocycles. The van der Waals surface area contributed by atoms with Crippen LogP contribution in [0.1, 0.15) is 27.6 Å². The quantitative estimate of drug-likeness (QED) is 0.588. The van der Waals surface area contributed by atoms with Gasteiger partial charge < -0.3 is 4.74 Å². The van der Waals surface area contributed by atoms with Crippen molar-refractivity contribution < 1.29 is 14.3 Å². The summed E-state index contributed by atoms with van der Waals surface area (Å²) in [6.45, 7) is 1.50. The predicted molar refractivity (Wildman–Crippen MR) is 96.3 cm³/mol. The molecular weight excluding hydrogens is 318 g/mol. The Kier molecular flexibility index (Phi) is 4.61. The maximum atomic E-state index is 12.1. The van der Waals surface area contributed by atoms with E-state index in [-0.39, 0.29) is 11.8 Å². The number of nitrogens with one attached hydrogen (secondary N) is 1. The van der Waals surface area contributed by atoms with Crippen LogP contribution in [0.25, 0.3) is 10.9 Å². The van der Waals surface area contributed by atoms with Crippen LogP contribution in [0.4, 0.5) is 0 Å². The van der Waals surface area contributed by atoms with Crippen molar-refractivity contribution in [3.8, 4) is 5.75 Å². The van der Waals surface area contributed by atoms with E-state index in [0.29, 0.717) is 11.3 Å². The van der Waals surface area contributed by atoms with Crippen LogP contribution >= 0.6 is 0 Å². The van der Waals surface area contributed by atoms with Gasteiger partial charge in [0, 0.05) is 29.6 Å². The highest BCUT2D eigenvalue weighted by molar-refractivity contribution is 6.03. The zero-order chi connectivity index (χ0) is 17.8. The molecule has 1 amide bonds. The summed E-state index contributed by atoms with van der Waals surface area (Å²) in [5.74, 6) is 0.268. The second kappa shape index (κ2) is 7.00. The Morgan fingerprint density at radius 2 is 1.84 bits per heavy atom. The van der Waals surface area contributed by atoms with Crippen LogP contribution in [0.2, 0.25) is 0 Å². The van der Waals surface area contributed by atoms with Crippen molar-refractivity contribution in [1.82, 2.24) is 9.99 Å². The zero-order valence-corrected chi connectivity index (χ0v) is 13.9. The molecule has 0 atom stereocenters. The standard InChI is InChI=1S/C19H17N3O3/c1-13(23)22-12-15(17-5-3-4-6-18(17)22)11-20-21-19(24)14-7-9-16(25-2)10-8-14/h3-12H,1-2H3,(H,21,24)/b20-11-. The first-order chi connectivity index (χ1) is 12.1. The number of methoxy groups -OCH3 is 1. The first-order valence-electron chi connectivity index (χ1n) is 7.68. The number of amides is 1. The Balaban J connectivity index is 1.79. The molecule has 0 aliphatic rings. The van der Waals surface area contributed by atoms with Crippen LogP contribution in [-0.2, 0) is 0 Å². The molecule has 0 aliphatic carbocycles. The number of rotatable bonds is 4. The number of carbonyl (C=O) groups is 2. The summed E-state index contributed by atoms with van der Waals surface area (Å²) in [5.41, 5.74) is 4.51. The monoisotopic (exact) mass is 335 g/mol. The number of para-hydroxylation sites is 1. The van der Waals surface area contributed by atoms with E-state index in [1.807, 2.05) is 24.3 Å². The van der Waals surface area contributed by atoms with Crippen LogP contribution in [0.3, 0.4) is 0 Å². The fourth-order valence-electron chi connectivity index (χ4n) is 2.54. The first-order valence-corrected chi connectivity index (χ1v) is 7.68. The molecule has 25 heavy (non-hydrogen) atoms. The second-order valence-electron chi connectivity index (χ2n) is 5.42. The molecule has 1 N–H and O–H groups in total. The van der Waals surface area contributed by atoms with Gasteiger partial charge in [0.15, 0.2) is 0 Å². The number of benzene rings is 2. The molecule has 0 bridgehead atoms. The summed E-state index contributed by atoms with van der Waals surface area (Å²) in [4.78, 5) is 23.8. The SMILES string of the molecule is COc1ccc(C(=O)N/N=C\c2cn(C(C)=O)c3ccccc23)cc1. The summed E-state index contributed by atoms with van der Waals surface area (Å²) in [5, 5.41) is 4.89. The summed E-state index contributed by atoms with van der Waals surface area (Å²) >= 11 is 0. The van der Waals surface area contributed by atoms with E-state index in [1.54, 1.807) is 42.1 Å². The number of hydrogen-bond donors (Lipinski definition) is 1. The van der Waals surface area contributed by atoms with Crippen LogP contribution in [0, 0.1) is 0 Å². The van der Waals surface area contributed by atoms with Crippen molar-refractivity contribution in [3.05, 3.63) is 65.9 Å². The van der Waals surface area contributed by atoms with Gasteiger partial charge in [-0.3, -0.25) is 14.2 Å². The Hall–Kier alpha value is -3.41. The number of nitrogens with zero attached hydrogens (tertiary/aromatic N) is 2. The minimum absolute atomic E-state index is 0.0851. The van der Waals surface area contributed by atoms with Gasteiger partial charge in [0.05, 0.1) is 18.8 Å². The third kappa shape index (κ3) is 3.42. The predicted octanol–water partition coefficient (Wildman–Crippen LogP) is 3.07. The van der Waals surface area contributed by atoms with Crippen LogP contribution in [-0.4, -0.2) is 29.7 Å². The van der Waals surface area contributed by atoms with E-state index in [1.165, 1.54) is 13.1 Å². The topological polar surface area (TPSA) is 72.7 Å². The van der Waals surface area contributed by atoms with E-state index >= 15 is 0 Å². The smallest absolute Gasteiger partial charge is 0.271 e. The fourth-order valence-corrected chi connectivity index (χ4v) is 2.54. The van der Waals surface area contributed by atoms with Crippen molar-refractivity contribution in [1.29, 1.82) is 0 Å². The molecule has 3 aromatic rings. The lowest BCUT2D eigenvalue weighted by atomic mass is 10.2. The third-order valence-electron chi connectivity index (χ3n) is 3.80. The van der Waals surface area contributed by atoms with Gasteiger partial charge in [0.25, 0.3) is 5.91 Å². The normalized spacial score (nSPS) is 11.0. The molecule has 0 saturated carbocycles. The molecule has 0 spiro atoms. The minimum atomic E-state index is -0.325. The lowest BCUT2D eigenvalue weighted by molar-refractivity contribution is 0.0937. The van der Waals surface area contributed by atoms with Crippen LogP contribution < -0.4 is 10.2 Å². The highest BCUT2D eigenvalue weighted by Crippen LogP contribution is 2.19. The maximum Gasteiger partial charge on any atom is 0.271 e. The first kappa shape index (κ1) is 16.4. The van der Waals surface area contributed by atoms with Gasteiger partial charge in [-0.05, 0) is 30.3 Å². The Morgan fingerprint density at radius 1 is 1.12 bits per heavy atom. The van der Waals surface area contributed by atoms with E-state index in [4.69, 9.17) is 4.74 Å². The highest BCUT2D eigenvalue weighted by atomic mass is 16.5. The molecule has 6 heteroatoms. The molecule has 0 radical (unpaired) electrons. The minimum Gasteiger partial charge on any atom is -0.497 e. The molecular formula is C19H17N3O3. The van der Waals surface area contributed by atoms with Crippen molar-refractivity contribution >= 4 is 28.9 Å². The number of ether oxygens (including phenoxy) is 1. The van der Waals surface area contributed by atoms with Crippen molar-refractivity contribution in [2.24, 2.45) is 5.10 Å². The van der Waals surface area contributed by atoms with Crippen LogP contribution in [0.5, 0.6) is 5.75 Å². The molecule has 0 fully saturated rings. The molecule has 1 heterocycles. The van der Waals surface area contributed by atoms with E-state index in [0.717, 1.165) is 16.5 Å². The third-order valence-corrected chi connectivity index (χ3v) is 3.80. The van der Waals surface area contributed by atoms with Gasteiger partial charge >= 0.3 is 0 Å². The summed E-state index contributed by atoms with van der Waals surface area (Å²) < 4.78 is 6.62. The summed E-state index contributed by atoms with van der Waals surface area (Å²) in [6.07, 6.45) is 3.24. The largest absolute Gasteiger partial charge is 0.497 e. The summed E-state index contributed by atoms with van der Waals surface area (Å²) in [7, 11) is 1.57. The molecule has 2 aromatic carbocycles.